The van der Waals surface area contributed by atoms with Gasteiger partial charge in [-0.1, -0.05) is 46.5 Å². The Morgan fingerprint density at radius 1 is 1.31 bits per heavy atom. The molecule has 1 heterocycles. The minimum atomic E-state index is -0.820. The van der Waals surface area contributed by atoms with Gasteiger partial charge in [0, 0.05) is 20.0 Å². The molecule has 0 aromatic heterocycles. The second kappa shape index (κ2) is 7.94. The van der Waals surface area contributed by atoms with Gasteiger partial charge in [-0.05, 0) is 24.2 Å². The van der Waals surface area contributed by atoms with E-state index in [9.17, 15) is 14.4 Å². The molecule has 1 saturated carbocycles. The van der Waals surface area contributed by atoms with E-state index in [4.69, 9.17) is 5.21 Å². The number of nitrogens with one attached hydrogen (secondary N) is 2. The van der Waals surface area contributed by atoms with Gasteiger partial charge in [0.1, 0.15) is 6.04 Å². The molecule has 3 N–H and O–H groups in total. The van der Waals surface area contributed by atoms with Crippen LogP contribution in [0.2, 0.25) is 0 Å². The molecule has 26 heavy (non-hydrogen) atoms. The molecule has 0 aromatic carbocycles. The zero-order chi connectivity index (χ0) is 19.5. The highest BCUT2D eigenvalue weighted by Crippen LogP contribution is 2.46. The van der Waals surface area contributed by atoms with Crippen molar-refractivity contribution in [3.8, 4) is 0 Å². The fraction of sp³-hybridized carbons (Fsp3) is 0.842. The number of hydroxylamine groups is 1. The fourth-order valence-corrected chi connectivity index (χ4v) is 4.77. The Morgan fingerprint density at radius 3 is 2.42 bits per heavy atom. The monoisotopic (exact) mass is 367 g/mol. The van der Waals surface area contributed by atoms with Crippen LogP contribution in [-0.2, 0) is 14.4 Å². The normalized spacial score (nSPS) is 25.4. The van der Waals surface area contributed by atoms with Gasteiger partial charge in [-0.15, -0.1) is 0 Å². The number of carbonyl (C=O) groups is 3. The largest absolute Gasteiger partial charge is 0.357 e. The Labute approximate surface area is 155 Å². The van der Waals surface area contributed by atoms with E-state index < -0.39 is 22.8 Å². The summed E-state index contributed by atoms with van der Waals surface area (Å²) >= 11 is 0. The van der Waals surface area contributed by atoms with Crippen LogP contribution in [0, 0.1) is 16.7 Å². The second-order valence-electron chi connectivity index (χ2n) is 8.98. The number of likely N-dealkylation sites (tertiary alicyclic amines) is 1. The van der Waals surface area contributed by atoms with Gasteiger partial charge < -0.3 is 10.2 Å². The van der Waals surface area contributed by atoms with Gasteiger partial charge in [-0.3, -0.25) is 19.6 Å². The van der Waals surface area contributed by atoms with Crippen molar-refractivity contribution in [3.05, 3.63) is 0 Å². The van der Waals surface area contributed by atoms with Crippen molar-refractivity contribution in [1.82, 2.24) is 15.7 Å². The van der Waals surface area contributed by atoms with E-state index in [2.05, 4.69) is 5.32 Å². The summed E-state index contributed by atoms with van der Waals surface area (Å²) in [6, 6.07) is -0.581. The van der Waals surface area contributed by atoms with Crippen LogP contribution in [0.15, 0.2) is 0 Å². The summed E-state index contributed by atoms with van der Waals surface area (Å²) in [5.41, 5.74) is 0.443. The SMILES string of the molecule is CNC(=O)[C@H](N1CC[C@](CC(=O)NO)(CC2CCCC2)C1=O)C(C)(C)C. The molecule has 7 heteroatoms. The van der Waals surface area contributed by atoms with Crippen molar-refractivity contribution >= 4 is 17.7 Å². The summed E-state index contributed by atoms with van der Waals surface area (Å²) in [6.07, 6.45) is 5.64. The molecular formula is C19H33N3O4. The smallest absolute Gasteiger partial charge is 0.244 e. The Bertz CT molecular complexity index is 551. The van der Waals surface area contributed by atoms with Crippen LogP contribution < -0.4 is 10.8 Å². The van der Waals surface area contributed by atoms with Crippen LogP contribution in [0.3, 0.4) is 0 Å². The summed E-state index contributed by atoms with van der Waals surface area (Å²) in [6.45, 7) is 6.28. The first kappa shape index (κ1) is 20.7. The van der Waals surface area contributed by atoms with Gasteiger partial charge in [0.15, 0.2) is 0 Å². The Morgan fingerprint density at radius 2 is 1.92 bits per heavy atom. The van der Waals surface area contributed by atoms with E-state index in [1.807, 2.05) is 20.8 Å². The minimum Gasteiger partial charge on any atom is -0.357 e. The summed E-state index contributed by atoms with van der Waals surface area (Å²) in [5.74, 6) is -0.422. The molecule has 2 rings (SSSR count). The van der Waals surface area contributed by atoms with Crippen molar-refractivity contribution < 1.29 is 19.6 Å². The first-order valence-corrected chi connectivity index (χ1v) is 9.60. The predicted octanol–water partition coefficient (Wildman–Crippen LogP) is 1.84. The maximum Gasteiger partial charge on any atom is 0.244 e. The van der Waals surface area contributed by atoms with E-state index >= 15 is 0 Å². The van der Waals surface area contributed by atoms with Crippen molar-refractivity contribution in [3.63, 3.8) is 0 Å². The zero-order valence-electron chi connectivity index (χ0n) is 16.4. The first-order valence-electron chi connectivity index (χ1n) is 9.60. The number of hydrogen-bond donors (Lipinski definition) is 3. The third kappa shape index (κ3) is 4.19. The topological polar surface area (TPSA) is 98.7 Å². The van der Waals surface area contributed by atoms with Gasteiger partial charge >= 0.3 is 0 Å². The van der Waals surface area contributed by atoms with Crippen LogP contribution in [-0.4, -0.2) is 47.5 Å². The average molecular weight is 367 g/mol. The predicted molar refractivity (Wildman–Crippen MR) is 97.2 cm³/mol. The van der Waals surface area contributed by atoms with Crippen molar-refractivity contribution in [2.24, 2.45) is 16.7 Å². The lowest BCUT2D eigenvalue weighted by atomic mass is 9.74. The number of carbonyl (C=O) groups excluding carboxylic acids is 3. The lowest BCUT2D eigenvalue weighted by Gasteiger charge is -2.38. The van der Waals surface area contributed by atoms with Gasteiger partial charge in [0.25, 0.3) is 0 Å². The molecular weight excluding hydrogens is 334 g/mol. The maximum atomic E-state index is 13.5. The summed E-state index contributed by atoms with van der Waals surface area (Å²) in [4.78, 5) is 39.6. The highest BCUT2D eigenvalue weighted by atomic mass is 16.5. The van der Waals surface area contributed by atoms with E-state index in [-0.39, 0.29) is 18.2 Å². The molecule has 2 aliphatic rings. The highest BCUT2D eigenvalue weighted by molar-refractivity contribution is 5.94. The molecule has 7 nitrogen and oxygen atoms in total. The van der Waals surface area contributed by atoms with Crippen molar-refractivity contribution in [1.29, 1.82) is 0 Å². The standard InChI is InChI=1S/C19H33N3O4/c1-18(2,3)15(16(24)20-4)22-10-9-19(17(22)25,12-14(23)21-26)11-13-7-5-6-8-13/h13,15,26H,5-12H2,1-4H3,(H,20,24)(H,21,23)/t15-,19+/m0/s1. The third-order valence-corrected chi connectivity index (χ3v) is 5.95. The number of nitrogens with zero attached hydrogens (tertiary/aromatic N) is 1. The number of amides is 3. The third-order valence-electron chi connectivity index (χ3n) is 5.95. The Kier molecular flexibility index (Phi) is 6.32. The number of rotatable bonds is 6. The number of hydrogen-bond acceptors (Lipinski definition) is 4. The molecule has 0 aromatic rings. The number of likely N-dealkylation sites (N-methyl/N-ethyl adjacent to an activating group) is 1. The van der Waals surface area contributed by atoms with Crippen LogP contribution >= 0.6 is 0 Å². The van der Waals surface area contributed by atoms with Crippen LogP contribution in [0.25, 0.3) is 0 Å². The van der Waals surface area contributed by atoms with Gasteiger partial charge in [0.05, 0.1) is 5.41 Å². The van der Waals surface area contributed by atoms with E-state index in [1.54, 1.807) is 17.4 Å². The van der Waals surface area contributed by atoms with Gasteiger partial charge in [-0.25, -0.2) is 5.48 Å². The van der Waals surface area contributed by atoms with Crippen molar-refractivity contribution in [2.45, 2.75) is 71.8 Å². The Hall–Kier alpha value is -1.63. The molecule has 2 fully saturated rings. The van der Waals surface area contributed by atoms with E-state index in [1.165, 1.54) is 0 Å². The molecule has 2 atom stereocenters. The van der Waals surface area contributed by atoms with Gasteiger partial charge in [-0.2, -0.15) is 0 Å². The first-order chi connectivity index (χ1) is 12.1. The fourth-order valence-electron chi connectivity index (χ4n) is 4.77. The highest BCUT2D eigenvalue weighted by Gasteiger charge is 2.53. The zero-order valence-corrected chi connectivity index (χ0v) is 16.4. The molecule has 0 spiro atoms. The molecule has 1 saturated heterocycles. The van der Waals surface area contributed by atoms with Crippen LogP contribution in [0.1, 0.15) is 65.7 Å². The molecule has 1 aliphatic carbocycles. The molecule has 0 bridgehead atoms. The van der Waals surface area contributed by atoms with Crippen LogP contribution in [0.4, 0.5) is 0 Å². The molecule has 1 aliphatic heterocycles. The Balaban J connectivity index is 2.31. The van der Waals surface area contributed by atoms with Crippen molar-refractivity contribution in [2.75, 3.05) is 13.6 Å². The quantitative estimate of drug-likeness (QED) is 0.493. The summed E-state index contributed by atoms with van der Waals surface area (Å²) in [7, 11) is 1.58. The van der Waals surface area contributed by atoms with Gasteiger partial charge in [0.2, 0.25) is 17.7 Å². The van der Waals surface area contributed by atoms with E-state index in [0.29, 0.717) is 25.3 Å². The maximum absolute atomic E-state index is 13.5. The summed E-state index contributed by atoms with van der Waals surface area (Å²) < 4.78 is 0. The van der Waals surface area contributed by atoms with E-state index in [0.717, 1.165) is 25.7 Å². The second-order valence-corrected chi connectivity index (χ2v) is 8.98. The lowest BCUT2D eigenvalue weighted by molar-refractivity contribution is -0.149. The van der Waals surface area contributed by atoms with Crippen LogP contribution in [0.5, 0.6) is 0 Å². The lowest BCUT2D eigenvalue weighted by Crippen LogP contribution is -2.55. The minimum absolute atomic E-state index is 0.0278. The molecule has 148 valence electrons. The molecule has 0 unspecified atom stereocenters. The molecule has 0 radical (unpaired) electrons. The summed E-state index contributed by atoms with van der Waals surface area (Å²) in [5, 5.41) is 11.7. The molecule has 3 amide bonds. The average Bonchev–Trinajstić information content (AvgIpc) is 3.17.